The predicted molar refractivity (Wildman–Crippen MR) is 147 cm³/mol. The number of H-pyrrole nitrogens is 1. The average molecular weight is 565 g/mol. The van der Waals surface area contributed by atoms with E-state index in [0.29, 0.717) is 19.4 Å². The number of carboxylic acid groups (broad SMARTS) is 2. The maximum atomic E-state index is 12.9. The first-order valence-corrected chi connectivity index (χ1v) is 13.2. The third-order valence-electron chi connectivity index (χ3n) is 6.11. The van der Waals surface area contributed by atoms with Gasteiger partial charge in [0.15, 0.2) is 0 Å². The summed E-state index contributed by atoms with van der Waals surface area (Å²) in [5.41, 5.74) is 13.2. The zero-order valence-electron chi connectivity index (χ0n) is 21.4. The topological polar surface area (TPSA) is 230 Å². The Kier molecular flexibility index (Phi) is 12.7. The molecule has 39 heavy (non-hydrogen) atoms. The van der Waals surface area contributed by atoms with E-state index >= 15 is 0 Å². The molecule has 1 heterocycles. The SMILES string of the molecule is NCCCCC(NC(=O)C(CCC(=O)O)NC(=O)C(CS)NC(=O)C(N)Cc1c[nH]c2ccccc12)C(=O)O. The number of unbranched alkanes of at least 4 members (excludes halogenated alkanes) is 1. The molecule has 0 aliphatic carbocycles. The number of nitrogens with two attached hydrogens (primary N) is 2. The van der Waals surface area contributed by atoms with Crippen molar-refractivity contribution >= 4 is 53.2 Å². The molecule has 10 N–H and O–H groups in total. The molecule has 0 saturated heterocycles. The molecule has 0 radical (unpaired) electrons. The molecule has 214 valence electrons. The van der Waals surface area contributed by atoms with Gasteiger partial charge in [0.25, 0.3) is 0 Å². The van der Waals surface area contributed by atoms with Crippen LogP contribution in [0.5, 0.6) is 0 Å². The molecule has 0 bridgehead atoms. The molecule has 1 aromatic heterocycles. The first-order chi connectivity index (χ1) is 18.6. The van der Waals surface area contributed by atoms with Crippen LogP contribution < -0.4 is 27.4 Å². The largest absolute Gasteiger partial charge is 0.481 e. The predicted octanol–water partition coefficient (Wildman–Crippen LogP) is -0.500. The van der Waals surface area contributed by atoms with Crippen molar-refractivity contribution in [3.63, 3.8) is 0 Å². The van der Waals surface area contributed by atoms with Gasteiger partial charge in [0.1, 0.15) is 18.1 Å². The lowest BCUT2D eigenvalue weighted by molar-refractivity contribution is -0.143. The lowest BCUT2D eigenvalue weighted by Gasteiger charge is -2.24. The van der Waals surface area contributed by atoms with Crippen molar-refractivity contribution in [2.45, 2.75) is 62.7 Å². The Morgan fingerprint density at radius 1 is 0.897 bits per heavy atom. The highest BCUT2D eigenvalue weighted by molar-refractivity contribution is 7.80. The summed E-state index contributed by atoms with van der Waals surface area (Å²) >= 11 is 4.12. The van der Waals surface area contributed by atoms with Gasteiger partial charge in [-0.2, -0.15) is 12.6 Å². The van der Waals surface area contributed by atoms with Crippen molar-refractivity contribution in [2.24, 2.45) is 11.5 Å². The zero-order chi connectivity index (χ0) is 28.9. The number of carbonyl (C=O) groups is 5. The minimum absolute atomic E-state index is 0.113. The highest BCUT2D eigenvalue weighted by Crippen LogP contribution is 2.18. The van der Waals surface area contributed by atoms with E-state index in [2.05, 4.69) is 33.6 Å². The first-order valence-electron chi connectivity index (χ1n) is 12.5. The van der Waals surface area contributed by atoms with Crippen molar-refractivity contribution in [1.82, 2.24) is 20.9 Å². The highest BCUT2D eigenvalue weighted by atomic mass is 32.1. The van der Waals surface area contributed by atoms with Crippen LogP contribution in [0.15, 0.2) is 30.5 Å². The van der Waals surface area contributed by atoms with E-state index in [0.717, 1.165) is 16.5 Å². The Balaban J connectivity index is 2.04. The van der Waals surface area contributed by atoms with Crippen LogP contribution in [0, 0.1) is 0 Å². The molecule has 4 atom stereocenters. The molecule has 2 rings (SSSR count). The number of aliphatic carboxylic acids is 2. The van der Waals surface area contributed by atoms with Crippen LogP contribution in [0.4, 0.5) is 0 Å². The van der Waals surface area contributed by atoms with Crippen molar-refractivity contribution in [3.8, 4) is 0 Å². The maximum absolute atomic E-state index is 12.9. The van der Waals surface area contributed by atoms with Gasteiger partial charge in [-0.15, -0.1) is 0 Å². The fourth-order valence-corrected chi connectivity index (χ4v) is 4.19. The van der Waals surface area contributed by atoms with Crippen molar-refractivity contribution in [2.75, 3.05) is 12.3 Å². The number of thiol groups is 1. The van der Waals surface area contributed by atoms with Crippen molar-refractivity contribution in [3.05, 3.63) is 36.0 Å². The molecule has 0 aliphatic heterocycles. The fourth-order valence-electron chi connectivity index (χ4n) is 3.93. The standard InChI is InChI=1S/C25H36N6O7S/c26-10-4-3-7-19(25(37)38)30-23(35)18(8-9-21(32)33)29-24(36)20(13-39)31-22(34)16(27)11-14-12-28-17-6-2-1-5-15(14)17/h1-2,5-6,12,16,18-20,28,39H,3-4,7-11,13,26-27H2,(H,29,36)(H,30,35)(H,31,34)(H,32,33)(H,37,38). The summed E-state index contributed by atoms with van der Waals surface area (Å²) in [5, 5.41) is 26.7. The number of carboxylic acids is 2. The summed E-state index contributed by atoms with van der Waals surface area (Å²) in [6.07, 6.45) is 2.32. The number of fused-ring (bicyclic) bond motifs is 1. The van der Waals surface area contributed by atoms with Crippen molar-refractivity contribution < 1.29 is 34.2 Å². The number of nitrogens with one attached hydrogen (secondary N) is 4. The van der Waals surface area contributed by atoms with E-state index in [-0.39, 0.29) is 25.0 Å². The van der Waals surface area contributed by atoms with Crippen molar-refractivity contribution in [1.29, 1.82) is 0 Å². The Bertz CT molecular complexity index is 1160. The quantitative estimate of drug-likeness (QED) is 0.0889. The first kappa shape index (κ1) is 31.6. The molecule has 14 heteroatoms. The molecule has 13 nitrogen and oxygen atoms in total. The third kappa shape index (κ3) is 9.89. The van der Waals surface area contributed by atoms with E-state index in [9.17, 15) is 29.1 Å². The summed E-state index contributed by atoms with van der Waals surface area (Å²) < 4.78 is 0. The molecule has 4 unspecified atom stereocenters. The number of aromatic amines is 1. The number of rotatable bonds is 17. The minimum Gasteiger partial charge on any atom is -0.481 e. The molecule has 3 amide bonds. The second kappa shape index (κ2) is 15.7. The molecule has 0 saturated carbocycles. The van der Waals surface area contributed by atoms with E-state index in [4.69, 9.17) is 16.6 Å². The number of benzene rings is 1. The molecular formula is C25H36N6O7S. The second-order valence-corrected chi connectivity index (χ2v) is 9.46. The van der Waals surface area contributed by atoms with Gasteiger partial charge in [-0.3, -0.25) is 19.2 Å². The minimum atomic E-state index is -1.36. The van der Waals surface area contributed by atoms with Gasteiger partial charge in [0.2, 0.25) is 17.7 Å². The fraction of sp³-hybridized carbons (Fsp3) is 0.480. The van der Waals surface area contributed by atoms with Crippen LogP contribution in [0.2, 0.25) is 0 Å². The Morgan fingerprint density at radius 2 is 1.54 bits per heavy atom. The normalized spacial score (nSPS) is 14.1. The number of hydrogen-bond donors (Lipinski definition) is 9. The van der Waals surface area contributed by atoms with Gasteiger partial charge in [-0.1, -0.05) is 18.2 Å². The summed E-state index contributed by atoms with van der Waals surface area (Å²) in [6.45, 7) is 0.361. The van der Waals surface area contributed by atoms with E-state index in [1.54, 1.807) is 6.20 Å². The average Bonchev–Trinajstić information content (AvgIpc) is 3.31. The molecular weight excluding hydrogens is 528 g/mol. The van der Waals surface area contributed by atoms with Crippen LogP contribution in [0.25, 0.3) is 10.9 Å². The molecule has 0 spiro atoms. The smallest absolute Gasteiger partial charge is 0.326 e. The zero-order valence-corrected chi connectivity index (χ0v) is 22.3. The summed E-state index contributed by atoms with van der Waals surface area (Å²) in [5.74, 6) is -4.88. The van der Waals surface area contributed by atoms with Crippen LogP contribution >= 0.6 is 12.6 Å². The highest BCUT2D eigenvalue weighted by Gasteiger charge is 2.30. The van der Waals surface area contributed by atoms with Crippen LogP contribution in [-0.4, -0.2) is 81.3 Å². The maximum Gasteiger partial charge on any atom is 0.326 e. The second-order valence-electron chi connectivity index (χ2n) is 9.09. The Labute approximate surface area is 230 Å². The summed E-state index contributed by atoms with van der Waals surface area (Å²) in [4.78, 5) is 64.3. The number of para-hydroxylation sites is 1. The molecule has 0 aliphatic rings. The lowest BCUT2D eigenvalue weighted by Crippen LogP contribution is -2.57. The van der Waals surface area contributed by atoms with Gasteiger partial charge in [0, 0.05) is 29.3 Å². The van der Waals surface area contributed by atoms with Crippen LogP contribution in [-0.2, 0) is 30.4 Å². The van der Waals surface area contributed by atoms with Crippen LogP contribution in [0.3, 0.4) is 0 Å². The number of carbonyl (C=O) groups excluding carboxylic acids is 3. The van der Waals surface area contributed by atoms with Gasteiger partial charge >= 0.3 is 11.9 Å². The molecule has 0 fully saturated rings. The Morgan fingerprint density at radius 3 is 2.18 bits per heavy atom. The number of aromatic nitrogens is 1. The van der Waals surface area contributed by atoms with Gasteiger partial charge in [-0.25, -0.2) is 4.79 Å². The lowest BCUT2D eigenvalue weighted by atomic mass is 10.0. The molecule has 1 aromatic carbocycles. The van der Waals surface area contributed by atoms with Gasteiger partial charge < -0.3 is 42.6 Å². The van der Waals surface area contributed by atoms with E-state index in [1.165, 1.54) is 0 Å². The van der Waals surface area contributed by atoms with E-state index in [1.807, 2.05) is 24.3 Å². The summed E-state index contributed by atoms with van der Waals surface area (Å²) in [7, 11) is 0. The Hall–Kier alpha value is -3.62. The van der Waals surface area contributed by atoms with Gasteiger partial charge in [-0.05, 0) is 50.3 Å². The summed E-state index contributed by atoms with van der Waals surface area (Å²) in [6, 6.07) is 2.75. The number of amides is 3. The molecule has 2 aromatic rings. The van der Waals surface area contributed by atoms with Gasteiger partial charge in [0.05, 0.1) is 6.04 Å². The number of hydrogen-bond acceptors (Lipinski definition) is 8. The van der Waals surface area contributed by atoms with E-state index < -0.39 is 60.2 Å². The monoisotopic (exact) mass is 564 g/mol. The van der Waals surface area contributed by atoms with Crippen LogP contribution in [0.1, 0.15) is 37.7 Å². The third-order valence-corrected chi connectivity index (χ3v) is 6.47.